The number of aromatic amines is 1. The summed E-state index contributed by atoms with van der Waals surface area (Å²) in [5.41, 5.74) is 2.23. The molecule has 0 aromatic carbocycles. The first-order chi connectivity index (χ1) is 8.69. The van der Waals surface area contributed by atoms with Crippen LogP contribution in [0.5, 0.6) is 0 Å². The van der Waals surface area contributed by atoms with Crippen molar-refractivity contribution in [3.05, 3.63) is 34.3 Å². The number of nitrogens with one attached hydrogen (secondary N) is 1. The number of pyridine rings is 1. The van der Waals surface area contributed by atoms with E-state index in [0.717, 1.165) is 23.3 Å². The van der Waals surface area contributed by atoms with Gasteiger partial charge in [0, 0.05) is 6.42 Å². The first-order valence-electron chi connectivity index (χ1n) is 5.47. The number of hydrogen-bond acceptors (Lipinski definition) is 3. The summed E-state index contributed by atoms with van der Waals surface area (Å²) in [7, 11) is 0. The molecule has 0 bridgehead atoms. The summed E-state index contributed by atoms with van der Waals surface area (Å²) in [6.45, 7) is 2.02. The molecule has 0 aliphatic rings. The van der Waals surface area contributed by atoms with E-state index < -0.39 is 0 Å². The Balaban J connectivity index is 2.19. The van der Waals surface area contributed by atoms with Crippen molar-refractivity contribution >= 4 is 34.4 Å². The van der Waals surface area contributed by atoms with Gasteiger partial charge in [0.05, 0.1) is 22.4 Å². The van der Waals surface area contributed by atoms with Crippen molar-refractivity contribution in [2.45, 2.75) is 13.3 Å². The van der Waals surface area contributed by atoms with E-state index in [4.69, 9.17) is 27.6 Å². The van der Waals surface area contributed by atoms with Gasteiger partial charge in [-0.2, -0.15) is 0 Å². The molecular formula is C12H9Cl2N3O. The Morgan fingerprint density at radius 1 is 1.33 bits per heavy atom. The molecule has 4 nitrogen and oxygen atoms in total. The number of aryl methyl sites for hydroxylation is 1. The summed E-state index contributed by atoms with van der Waals surface area (Å²) < 4.78 is 5.38. The number of imidazole rings is 1. The van der Waals surface area contributed by atoms with Gasteiger partial charge in [-0.05, 0) is 12.1 Å². The molecule has 0 spiro atoms. The molecule has 3 aromatic rings. The fraction of sp³-hybridized carbons (Fsp3) is 0.167. The highest BCUT2D eigenvalue weighted by Crippen LogP contribution is 2.28. The highest BCUT2D eigenvalue weighted by Gasteiger charge is 2.13. The van der Waals surface area contributed by atoms with Gasteiger partial charge in [-0.25, -0.2) is 9.97 Å². The van der Waals surface area contributed by atoms with Crippen LogP contribution in [0, 0.1) is 0 Å². The van der Waals surface area contributed by atoms with Crippen molar-refractivity contribution < 1.29 is 4.42 Å². The average molecular weight is 282 g/mol. The van der Waals surface area contributed by atoms with Gasteiger partial charge in [0.25, 0.3) is 0 Å². The van der Waals surface area contributed by atoms with Gasteiger partial charge in [0.1, 0.15) is 16.7 Å². The lowest BCUT2D eigenvalue weighted by molar-refractivity contribution is 0.517. The number of H-pyrrole nitrogens is 1. The molecule has 1 N–H and O–H groups in total. The SMILES string of the molecule is CCc1occc1-c1nc2nc(Cl)c(Cl)cc2[nH]1. The van der Waals surface area contributed by atoms with Crippen LogP contribution < -0.4 is 0 Å². The van der Waals surface area contributed by atoms with Crippen molar-refractivity contribution in [1.82, 2.24) is 15.0 Å². The Labute approximate surface area is 113 Å². The second-order valence-electron chi connectivity index (χ2n) is 3.83. The molecule has 3 rings (SSSR count). The Bertz CT molecular complexity index is 678. The number of rotatable bonds is 2. The zero-order valence-electron chi connectivity index (χ0n) is 9.50. The molecule has 0 amide bonds. The second kappa shape index (κ2) is 4.30. The minimum Gasteiger partial charge on any atom is -0.469 e. The number of hydrogen-bond donors (Lipinski definition) is 1. The lowest BCUT2D eigenvalue weighted by Crippen LogP contribution is -1.83. The lowest BCUT2D eigenvalue weighted by atomic mass is 10.2. The summed E-state index contributed by atoms with van der Waals surface area (Å²) in [6.07, 6.45) is 2.45. The van der Waals surface area contributed by atoms with Crippen LogP contribution in [0.1, 0.15) is 12.7 Å². The van der Waals surface area contributed by atoms with Gasteiger partial charge < -0.3 is 9.40 Å². The standard InChI is InChI=1S/C12H9Cl2N3O/c1-2-9-6(3-4-18-9)11-15-8-5-7(13)10(14)16-12(8)17-11/h3-5H,2H2,1H3,(H,15,16,17). The Kier molecular flexibility index (Phi) is 2.76. The van der Waals surface area contributed by atoms with Crippen LogP contribution in [0.2, 0.25) is 10.2 Å². The first kappa shape index (κ1) is 11.6. The van der Waals surface area contributed by atoms with Gasteiger partial charge in [0.2, 0.25) is 0 Å². The van der Waals surface area contributed by atoms with Crippen molar-refractivity contribution in [2.24, 2.45) is 0 Å². The minimum atomic E-state index is 0.255. The molecule has 3 heterocycles. The van der Waals surface area contributed by atoms with Gasteiger partial charge in [-0.15, -0.1) is 0 Å². The van der Waals surface area contributed by atoms with E-state index in [0.29, 0.717) is 16.5 Å². The normalized spacial score (nSPS) is 11.3. The van der Waals surface area contributed by atoms with E-state index in [1.807, 2.05) is 13.0 Å². The van der Waals surface area contributed by atoms with Gasteiger partial charge in [-0.3, -0.25) is 0 Å². The molecule has 3 aromatic heterocycles. The van der Waals surface area contributed by atoms with Gasteiger partial charge >= 0.3 is 0 Å². The summed E-state index contributed by atoms with van der Waals surface area (Å²) in [5, 5.41) is 0.660. The van der Waals surface area contributed by atoms with E-state index in [9.17, 15) is 0 Å². The number of furan rings is 1. The second-order valence-corrected chi connectivity index (χ2v) is 4.59. The molecule has 0 aliphatic heterocycles. The summed E-state index contributed by atoms with van der Waals surface area (Å²) >= 11 is 11.8. The van der Waals surface area contributed by atoms with E-state index in [1.165, 1.54) is 0 Å². The Hall–Kier alpha value is -1.52. The highest BCUT2D eigenvalue weighted by molar-refractivity contribution is 6.41. The van der Waals surface area contributed by atoms with Gasteiger partial charge in [-0.1, -0.05) is 30.1 Å². The predicted molar refractivity (Wildman–Crippen MR) is 71.0 cm³/mol. The van der Waals surface area contributed by atoms with E-state index in [-0.39, 0.29) is 5.15 Å². The van der Waals surface area contributed by atoms with Crippen LogP contribution in [0.25, 0.3) is 22.6 Å². The molecule has 0 saturated heterocycles. The maximum absolute atomic E-state index is 5.92. The summed E-state index contributed by atoms with van der Waals surface area (Å²) in [5.74, 6) is 1.59. The zero-order chi connectivity index (χ0) is 12.7. The van der Waals surface area contributed by atoms with E-state index in [2.05, 4.69) is 15.0 Å². The molecule has 0 radical (unpaired) electrons. The molecule has 0 atom stereocenters. The summed E-state index contributed by atoms with van der Waals surface area (Å²) in [4.78, 5) is 11.7. The van der Waals surface area contributed by atoms with Crippen LogP contribution in [0.4, 0.5) is 0 Å². The maximum Gasteiger partial charge on any atom is 0.179 e. The smallest absolute Gasteiger partial charge is 0.179 e. The predicted octanol–water partition coefficient (Wildman–Crippen LogP) is 4.09. The van der Waals surface area contributed by atoms with Crippen LogP contribution in [0.15, 0.2) is 22.8 Å². The molecule has 0 fully saturated rings. The van der Waals surface area contributed by atoms with Crippen molar-refractivity contribution in [2.75, 3.05) is 0 Å². The zero-order valence-corrected chi connectivity index (χ0v) is 11.0. The van der Waals surface area contributed by atoms with Crippen molar-refractivity contribution in [3.63, 3.8) is 0 Å². The Morgan fingerprint density at radius 3 is 2.94 bits per heavy atom. The number of halogens is 2. The highest BCUT2D eigenvalue weighted by atomic mass is 35.5. The van der Waals surface area contributed by atoms with E-state index >= 15 is 0 Å². The maximum atomic E-state index is 5.92. The largest absolute Gasteiger partial charge is 0.469 e. The number of nitrogens with zero attached hydrogens (tertiary/aromatic N) is 2. The topological polar surface area (TPSA) is 54.7 Å². The molecule has 18 heavy (non-hydrogen) atoms. The van der Waals surface area contributed by atoms with Crippen LogP contribution in [-0.4, -0.2) is 15.0 Å². The van der Waals surface area contributed by atoms with Crippen molar-refractivity contribution in [3.8, 4) is 11.4 Å². The first-order valence-corrected chi connectivity index (χ1v) is 6.23. The third-order valence-corrected chi connectivity index (χ3v) is 3.38. The molecule has 0 saturated carbocycles. The van der Waals surface area contributed by atoms with Crippen LogP contribution in [-0.2, 0) is 6.42 Å². The molecule has 92 valence electrons. The number of fused-ring (bicyclic) bond motifs is 1. The quantitative estimate of drug-likeness (QED) is 0.720. The fourth-order valence-electron chi connectivity index (χ4n) is 1.85. The lowest BCUT2D eigenvalue weighted by Gasteiger charge is -1.94. The van der Waals surface area contributed by atoms with Crippen LogP contribution in [0.3, 0.4) is 0 Å². The van der Waals surface area contributed by atoms with Gasteiger partial charge in [0.15, 0.2) is 5.65 Å². The van der Waals surface area contributed by atoms with Crippen molar-refractivity contribution in [1.29, 1.82) is 0 Å². The Morgan fingerprint density at radius 2 is 2.17 bits per heavy atom. The van der Waals surface area contributed by atoms with Crippen LogP contribution >= 0.6 is 23.2 Å². The third kappa shape index (κ3) is 1.78. The average Bonchev–Trinajstić information content (AvgIpc) is 2.95. The molecule has 0 aliphatic carbocycles. The monoisotopic (exact) mass is 281 g/mol. The third-order valence-electron chi connectivity index (χ3n) is 2.71. The molecule has 0 unspecified atom stereocenters. The minimum absolute atomic E-state index is 0.255. The van der Waals surface area contributed by atoms with E-state index in [1.54, 1.807) is 12.3 Å². The summed E-state index contributed by atoms with van der Waals surface area (Å²) in [6, 6.07) is 3.59. The molecular weight excluding hydrogens is 273 g/mol. The fourth-order valence-corrected chi connectivity index (χ4v) is 2.13. The molecule has 6 heteroatoms. The number of aromatic nitrogens is 3.